The van der Waals surface area contributed by atoms with Gasteiger partial charge < -0.3 is 15.2 Å². The summed E-state index contributed by atoms with van der Waals surface area (Å²) in [6.07, 6.45) is 1.67. The summed E-state index contributed by atoms with van der Waals surface area (Å²) in [5.41, 5.74) is 7.03. The molecule has 0 bridgehead atoms. The van der Waals surface area contributed by atoms with Gasteiger partial charge in [-0.3, -0.25) is 0 Å². The van der Waals surface area contributed by atoms with E-state index < -0.39 is 0 Å². The Morgan fingerprint density at radius 2 is 2.12 bits per heavy atom. The van der Waals surface area contributed by atoms with Crippen LogP contribution in [0.4, 0.5) is 0 Å². The van der Waals surface area contributed by atoms with Crippen LogP contribution in [-0.4, -0.2) is 23.8 Å². The van der Waals surface area contributed by atoms with Crippen LogP contribution in [0.1, 0.15) is 16.5 Å². The molecular formula is C11H13N3O2S. The van der Waals surface area contributed by atoms with E-state index in [9.17, 15) is 0 Å². The highest BCUT2D eigenvalue weighted by Crippen LogP contribution is 2.32. The lowest BCUT2D eigenvalue weighted by atomic mass is 10.1. The van der Waals surface area contributed by atoms with Crippen molar-refractivity contribution in [1.29, 1.82) is 0 Å². The number of hydrogen-bond acceptors (Lipinski definition) is 6. The van der Waals surface area contributed by atoms with Gasteiger partial charge in [0.05, 0.1) is 31.3 Å². The van der Waals surface area contributed by atoms with E-state index in [4.69, 9.17) is 15.2 Å². The topological polar surface area (TPSA) is 70.3 Å². The fraction of sp³-hybridized carbons (Fsp3) is 0.273. The molecule has 17 heavy (non-hydrogen) atoms. The summed E-state index contributed by atoms with van der Waals surface area (Å²) in [5.74, 6) is 1.44. The predicted molar refractivity (Wildman–Crippen MR) is 65.5 cm³/mol. The third-order valence-corrected chi connectivity index (χ3v) is 3.21. The monoisotopic (exact) mass is 251 g/mol. The van der Waals surface area contributed by atoms with Crippen LogP contribution >= 0.6 is 11.5 Å². The van der Waals surface area contributed by atoms with Crippen LogP contribution in [0.3, 0.4) is 0 Å². The zero-order chi connectivity index (χ0) is 12.3. The molecule has 1 heterocycles. The molecule has 6 heteroatoms. The Bertz CT molecular complexity index is 487. The molecule has 5 nitrogen and oxygen atoms in total. The minimum atomic E-state index is -0.282. The minimum Gasteiger partial charge on any atom is -0.497 e. The second kappa shape index (κ2) is 5.11. The number of methoxy groups -OCH3 is 2. The van der Waals surface area contributed by atoms with Crippen molar-refractivity contribution in [3.8, 4) is 11.5 Å². The summed E-state index contributed by atoms with van der Waals surface area (Å²) in [5, 5.41) is 3.78. The number of ether oxygens (including phenoxy) is 2. The number of nitrogens with two attached hydrogens (primary N) is 1. The summed E-state index contributed by atoms with van der Waals surface area (Å²) in [4.78, 5) is 0.897. The van der Waals surface area contributed by atoms with Crippen LogP contribution in [0.25, 0.3) is 0 Å². The average molecular weight is 251 g/mol. The third-order valence-electron chi connectivity index (χ3n) is 2.46. The molecule has 0 saturated heterocycles. The van der Waals surface area contributed by atoms with Crippen molar-refractivity contribution >= 4 is 11.5 Å². The maximum absolute atomic E-state index is 6.14. The van der Waals surface area contributed by atoms with Crippen LogP contribution in [0.15, 0.2) is 24.4 Å². The number of aromatic nitrogens is 2. The first-order valence-corrected chi connectivity index (χ1v) is 5.78. The molecule has 2 N–H and O–H groups in total. The molecule has 0 saturated carbocycles. The highest BCUT2D eigenvalue weighted by Gasteiger charge is 2.16. The highest BCUT2D eigenvalue weighted by atomic mass is 32.1. The molecule has 1 aromatic heterocycles. The molecule has 0 aliphatic rings. The first-order chi connectivity index (χ1) is 8.26. The zero-order valence-electron chi connectivity index (χ0n) is 9.58. The van der Waals surface area contributed by atoms with Crippen LogP contribution < -0.4 is 15.2 Å². The molecule has 0 fully saturated rings. The molecular weight excluding hydrogens is 238 g/mol. The van der Waals surface area contributed by atoms with E-state index in [-0.39, 0.29) is 6.04 Å². The summed E-state index contributed by atoms with van der Waals surface area (Å²) < 4.78 is 14.3. The minimum absolute atomic E-state index is 0.282. The second-order valence-corrected chi connectivity index (χ2v) is 4.22. The molecule has 0 aliphatic heterocycles. The molecule has 0 aliphatic carbocycles. The Balaban J connectivity index is 2.38. The van der Waals surface area contributed by atoms with E-state index in [0.29, 0.717) is 5.75 Å². The largest absolute Gasteiger partial charge is 0.497 e. The first kappa shape index (κ1) is 11.8. The van der Waals surface area contributed by atoms with Gasteiger partial charge in [-0.1, -0.05) is 4.49 Å². The lowest BCUT2D eigenvalue weighted by molar-refractivity contribution is 0.390. The maximum atomic E-state index is 6.14. The van der Waals surface area contributed by atoms with Crippen molar-refractivity contribution in [3.05, 3.63) is 34.8 Å². The number of nitrogens with zero attached hydrogens (tertiary/aromatic N) is 2. The number of benzene rings is 1. The second-order valence-electron chi connectivity index (χ2n) is 3.41. The molecule has 1 unspecified atom stereocenters. The number of hydrogen-bond donors (Lipinski definition) is 1. The van der Waals surface area contributed by atoms with E-state index in [0.717, 1.165) is 16.2 Å². The van der Waals surface area contributed by atoms with E-state index in [1.807, 2.05) is 18.2 Å². The quantitative estimate of drug-likeness (QED) is 0.893. The maximum Gasteiger partial charge on any atom is 0.127 e. The van der Waals surface area contributed by atoms with Gasteiger partial charge in [-0.2, -0.15) is 0 Å². The van der Waals surface area contributed by atoms with Crippen LogP contribution in [-0.2, 0) is 0 Å². The Morgan fingerprint density at radius 3 is 2.71 bits per heavy atom. The summed E-state index contributed by atoms with van der Waals surface area (Å²) >= 11 is 1.28. The van der Waals surface area contributed by atoms with Gasteiger partial charge >= 0.3 is 0 Å². The molecule has 0 radical (unpaired) electrons. The van der Waals surface area contributed by atoms with E-state index in [1.165, 1.54) is 11.5 Å². The standard InChI is InChI=1S/C11H13N3O2S/c1-15-7-3-4-8(9(5-7)16-2)11(12)10-6-13-14-17-10/h3-6,11H,12H2,1-2H3. The molecule has 0 amide bonds. The third kappa shape index (κ3) is 2.37. The molecule has 1 aromatic carbocycles. The van der Waals surface area contributed by atoms with Crippen molar-refractivity contribution in [3.63, 3.8) is 0 Å². The van der Waals surface area contributed by atoms with Crippen LogP contribution in [0.5, 0.6) is 11.5 Å². The predicted octanol–water partition coefficient (Wildman–Crippen LogP) is 1.60. The molecule has 2 aromatic rings. The lowest BCUT2D eigenvalue weighted by Crippen LogP contribution is -2.11. The summed E-state index contributed by atoms with van der Waals surface area (Å²) in [6.45, 7) is 0. The SMILES string of the molecule is COc1ccc(C(N)c2cnns2)c(OC)c1. The van der Waals surface area contributed by atoms with Gasteiger partial charge in [0.15, 0.2) is 0 Å². The normalized spacial score (nSPS) is 12.2. The lowest BCUT2D eigenvalue weighted by Gasteiger charge is -2.14. The van der Waals surface area contributed by atoms with Crippen molar-refractivity contribution in [2.75, 3.05) is 14.2 Å². The van der Waals surface area contributed by atoms with Gasteiger partial charge in [0.1, 0.15) is 11.5 Å². The van der Waals surface area contributed by atoms with Crippen LogP contribution in [0.2, 0.25) is 0 Å². The summed E-state index contributed by atoms with van der Waals surface area (Å²) in [7, 11) is 3.22. The Hall–Kier alpha value is -1.66. The number of rotatable bonds is 4. The molecule has 2 rings (SSSR count). The van der Waals surface area contributed by atoms with Crippen molar-refractivity contribution in [1.82, 2.24) is 9.59 Å². The fourth-order valence-electron chi connectivity index (χ4n) is 1.54. The highest BCUT2D eigenvalue weighted by molar-refractivity contribution is 7.05. The molecule has 90 valence electrons. The average Bonchev–Trinajstić information content (AvgIpc) is 2.91. The van der Waals surface area contributed by atoms with Crippen molar-refractivity contribution < 1.29 is 9.47 Å². The molecule has 0 spiro atoms. The Labute approximate surface area is 103 Å². The Morgan fingerprint density at radius 1 is 1.29 bits per heavy atom. The zero-order valence-corrected chi connectivity index (χ0v) is 10.4. The fourth-order valence-corrected chi connectivity index (χ4v) is 2.06. The summed E-state index contributed by atoms with van der Waals surface area (Å²) in [6, 6.07) is 5.27. The van der Waals surface area contributed by atoms with Gasteiger partial charge in [-0.05, 0) is 23.7 Å². The van der Waals surface area contributed by atoms with Gasteiger partial charge in [-0.15, -0.1) is 5.10 Å². The van der Waals surface area contributed by atoms with Gasteiger partial charge in [0.2, 0.25) is 0 Å². The van der Waals surface area contributed by atoms with E-state index in [1.54, 1.807) is 20.4 Å². The molecule has 1 atom stereocenters. The van der Waals surface area contributed by atoms with Gasteiger partial charge in [0.25, 0.3) is 0 Å². The Kier molecular flexibility index (Phi) is 3.55. The van der Waals surface area contributed by atoms with E-state index in [2.05, 4.69) is 9.59 Å². The first-order valence-electron chi connectivity index (χ1n) is 5.01. The van der Waals surface area contributed by atoms with Crippen molar-refractivity contribution in [2.45, 2.75) is 6.04 Å². The van der Waals surface area contributed by atoms with Crippen molar-refractivity contribution in [2.24, 2.45) is 5.73 Å². The van der Waals surface area contributed by atoms with Gasteiger partial charge in [-0.25, -0.2) is 0 Å². The van der Waals surface area contributed by atoms with Gasteiger partial charge in [0, 0.05) is 11.6 Å². The van der Waals surface area contributed by atoms with E-state index >= 15 is 0 Å². The van der Waals surface area contributed by atoms with Crippen LogP contribution in [0, 0.1) is 0 Å². The smallest absolute Gasteiger partial charge is 0.127 e.